The molecule has 166 valence electrons. The van der Waals surface area contributed by atoms with E-state index < -0.39 is 15.7 Å². The lowest BCUT2D eigenvalue weighted by Crippen LogP contribution is -2.40. The maximum absolute atomic E-state index is 13.8. The first-order valence-electron chi connectivity index (χ1n) is 9.91. The molecule has 1 aliphatic carbocycles. The summed E-state index contributed by atoms with van der Waals surface area (Å²) in [5.74, 6) is -0.327. The third-order valence-electron chi connectivity index (χ3n) is 5.25. The van der Waals surface area contributed by atoms with Crippen molar-refractivity contribution in [1.82, 2.24) is 10.6 Å². The Bertz CT molecular complexity index is 753. The lowest BCUT2D eigenvalue weighted by Gasteiger charge is -2.27. The van der Waals surface area contributed by atoms with E-state index in [1.54, 1.807) is 7.11 Å². The highest BCUT2D eigenvalue weighted by Crippen LogP contribution is 2.41. The van der Waals surface area contributed by atoms with Gasteiger partial charge in [-0.2, -0.15) is 0 Å². The number of rotatable bonds is 10. The first-order chi connectivity index (χ1) is 13.4. The number of methoxy groups -OCH3 is 1. The highest BCUT2D eigenvalue weighted by atomic mass is 127. The van der Waals surface area contributed by atoms with E-state index in [1.165, 1.54) is 31.0 Å². The van der Waals surface area contributed by atoms with E-state index in [-0.39, 0.29) is 46.6 Å². The van der Waals surface area contributed by atoms with Gasteiger partial charge in [0.15, 0.2) is 15.8 Å². The smallest absolute Gasteiger partial charge is 0.191 e. The second-order valence-electron chi connectivity index (χ2n) is 7.32. The fraction of sp³-hybridized carbons (Fsp3) is 0.650. The van der Waals surface area contributed by atoms with Gasteiger partial charge in [-0.15, -0.1) is 24.0 Å². The van der Waals surface area contributed by atoms with Gasteiger partial charge in [0, 0.05) is 33.4 Å². The van der Waals surface area contributed by atoms with Gasteiger partial charge in [0.1, 0.15) is 10.7 Å². The molecule has 0 aliphatic heterocycles. The highest BCUT2D eigenvalue weighted by molar-refractivity contribution is 14.0. The summed E-state index contributed by atoms with van der Waals surface area (Å²) in [6.45, 7) is 4.21. The zero-order chi connectivity index (χ0) is 20.5. The van der Waals surface area contributed by atoms with E-state index >= 15 is 0 Å². The first-order valence-corrected chi connectivity index (χ1v) is 11.6. The number of ether oxygens (including phenoxy) is 1. The minimum atomic E-state index is -3.69. The van der Waals surface area contributed by atoms with Crippen molar-refractivity contribution in [3.8, 4) is 0 Å². The molecule has 1 aromatic rings. The number of hydrogen-bond donors (Lipinski definition) is 2. The number of nitrogens with zero attached hydrogens (tertiary/aromatic N) is 1. The fourth-order valence-corrected chi connectivity index (χ4v) is 4.87. The van der Waals surface area contributed by atoms with Gasteiger partial charge >= 0.3 is 0 Å². The molecular weight excluding hydrogens is 508 g/mol. The Hall–Kier alpha value is -0.940. The van der Waals surface area contributed by atoms with Gasteiger partial charge in [0.2, 0.25) is 0 Å². The molecule has 1 saturated carbocycles. The minimum absolute atomic E-state index is 0. The third kappa shape index (κ3) is 8.01. The van der Waals surface area contributed by atoms with Gasteiger partial charge < -0.3 is 15.4 Å². The molecule has 0 saturated heterocycles. The van der Waals surface area contributed by atoms with Crippen LogP contribution in [-0.4, -0.2) is 53.5 Å². The second kappa shape index (κ2) is 12.7. The van der Waals surface area contributed by atoms with E-state index in [9.17, 15) is 12.8 Å². The number of nitrogens with one attached hydrogen (secondary N) is 2. The molecular formula is C20H33FIN3O3S. The highest BCUT2D eigenvalue weighted by Gasteiger charge is 2.33. The Morgan fingerprint density at radius 3 is 2.55 bits per heavy atom. The normalized spacial score (nSPS) is 16.3. The lowest BCUT2D eigenvalue weighted by molar-refractivity contribution is 0.141. The van der Waals surface area contributed by atoms with Crippen molar-refractivity contribution >= 4 is 39.8 Å². The summed E-state index contributed by atoms with van der Waals surface area (Å²) < 4.78 is 43.8. The summed E-state index contributed by atoms with van der Waals surface area (Å²) >= 11 is 0. The van der Waals surface area contributed by atoms with Gasteiger partial charge in [-0.25, -0.2) is 12.8 Å². The third-order valence-corrected chi connectivity index (χ3v) is 7.00. The molecule has 2 rings (SSSR count). The van der Waals surface area contributed by atoms with Crippen LogP contribution < -0.4 is 10.6 Å². The molecule has 9 heteroatoms. The summed E-state index contributed by atoms with van der Waals surface area (Å²) in [5.41, 5.74) is 0.164. The molecule has 1 fully saturated rings. The van der Waals surface area contributed by atoms with Gasteiger partial charge in [0.05, 0.1) is 5.75 Å². The number of benzene rings is 1. The van der Waals surface area contributed by atoms with Gasteiger partial charge in [0.25, 0.3) is 0 Å². The van der Waals surface area contributed by atoms with E-state index in [2.05, 4.69) is 10.6 Å². The summed E-state index contributed by atoms with van der Waals surface area (Å²) in [6.07, 6.45) is 5.68. The molecule has 29 heavy (non-hydrogen) atoms. The summed E-state index contributed by atoms with van der Waals surface area (Å²) in [7, 11) is -1.98. The number of halogens is 2. The van der Waals surface area contributed by atoms with Crippen molar-refractivity contribution in [2.24, 2.45) is 10.4 Å². The van der Waals surface area contributed by atoms with Crippen molar-refractivity contribution in [2.45, 2.75) is 43.9 Å². The quantitative estimate of drug-likeness (QED) is 0.270. The van der Waals surface area contributed by atoms with Crippen molar-refractivity contribution in [1.29, 1.82) is 0 Å². The SMILES string of the molecule is CCNC(=NCC1(CCOC)CCCC1)NCCS(=O)(=O)c1ccccc1F.I. The molecule has 0 spiro atoms. The van der Waals surface area contributed by atoms with Crippen LogP contribution in [0.4, 0.5) is 4.39 Å². The largest absolute Gasteiger partial charge is 0.385 e. The Balaban J connectivity index is 0.00000420. The molecule has 0 radical (unpaired) electrons. The van der Waals surface area contributed by atoms with E-state index in [0.29, 0.717) is 19.0 Å². The maximum atomic E-state index is 13.8. The van der Waals surface area contributed by atoms with Crippen molar-refractivity contribution < 1.29 is 17.5 Å². The maximum Gasteiger partial charge on any atom is 0.191 e. The Labute approximate surface area is 191 Å². The Morgan fingerprint density at radius 1 is 1.24 bits per heavy atom. The Kier molecular flexibility index (Phi) is 11.4. The summed E-state index contributed by atoms with van der Waals surface area (Å²) in [4.78, 5) is 4.44. The zero-order valence-electron chi connectivity index (χ0n) is 17.2. The van der Waals surface area contributed by atoms with Gasteiger partial charge in [-0.05, 0) is 43.7 Å². The van der Waals surface area contributed by atoms with Crippen LogP contribution in [0.1, 0.15) is 39.0 Å². The van der Waals surface area contributed by atoms with Crippen LogP contribution in [0.25, 0.3) is 0 Å². The van der Waals surface area contributed by atoms with Crippen LogP contribution in [-0.2, 0) is 14.6 Å². The van der Waals surface area contributed by atoms with Gasteiger partial charge in [-0.1, -0.05) is 25.0 Å². The van der Waals surface area contributed by atoms with Crippen LogP contribution in [0.15, 0.2) is 34.2 Å². The number of guanidine groups is 1. The minimum Gasteiger partial charge on any atom is -0.385 e. The van der Waals surface area contributed by atoms with Crippen LogP contribution in [0.5, 0.6) is 0 Å². The molecule has 2 N–H and O–H groups in total. The van der Waals surface area contributed by atoms with Crippen molar-refractivity contribution in [3.63, 3.8) is 0 Å². The predicted octanol–water partition coefficient (Wildman–Crippen LogP) is 3.37. The second-order valence-corrected chi connectivity index (χ2v) is 9.40. The van der Waals surface area contributed by atoms with Crippen molar-refractivity contribution in [3.05, 3.63) is 30.1 Å². The van der Waals surface area contributed by atoms with E-state index in [0.717, 1.165) is 31.9 Å². The number of sulfone groups is 1. The predicted molar refractivity (Wildman–Crippen MR) is 125 cm³/mol. The summed E-state index contributed by atoms with van der Waals surface area (Å²) in [6, 6.07) is 5.46. The van der Waals surface area contributed by atoms with Crippen molar-refractivity contribution in [2.75, 3.05) is 39.1 Å². The molecule has 0 atom stereocenters. The zero-order valence-corrected chi connectivity index (χ0v) is 20.4. The molecule has 0 unspecified atom stereocenters. The molecule has 6 nitrogen and oxygen atoms in total. The molecule has 1 aromatic carbocycles. The summed E-state index contributed by atoms with van der Waals surface area (Å²) in [5, 5.41) is 6.23. The van der Waals surface area contributed by atoms with E-state index in [1.807, 2.05) is 6.92 Å². The Morgan fingerprint density at radius 2 is 1.93 bits per heavy atom. The average Bonchev–Trinajstić information content (AvgIpc) is 3.14. The van der Waals surface area contributed by atoms with Crippen LogP contribution in [0.3, 0.4) is 0 Å². The standard InChI is InChI=1S/C20H32FN3O3S.HI/c1-3-22-19(24-16-20(12-14-27-2)10-6-7-11-20)23-13-15-28(25,26)18-9-5-4-8-17(18)21;/h4-5,8-9H,3,6-7,10-16H2,1-2H3,(H2,22,23,24);1H. The lowest BCUT2D eigenvalue weighted by atomic mass is 9.83. The van der Waals surface area contributed by atoms with Crippen LogP contribution in [0.2, 0.25) is 0 Å². The fourth-order valence-electron chi connectivity index (χ4n) is 3.63. The van der Waals surface area contributed by atoms with Crippen LogP contribution >= 0.6 is 24.0 Å². The molecule has 0 aromatic heterocycles. The monoisotopic (exact) mass is 541 g/mol. The number of aliphatic imine (C=N–C) groups is 1. The first kappa shape index (κ1) is 26.1. The van der Waals surface area contributed by atoms with Crippen LogP contribution in [0, 0.1) is 11.2 Å². The van der Waals surface area contributed by atoms with Gasteiger partial charge in [-0.3, -0.25) is 4.99 Å². The molecule has 0 bridgehead atoms. The number of hydrogen-bond acceptors (Lipinski definition) is 4. The van der Waals surface area contributed by atoms with E-state index in [4.69, 9.17) is 9.73 Å². The topological polar surface area (TPSA) is 79.8 Å². The average molecular weight is 541 g/mol. The molecule has 0 heterocycles. The molecule has 0 amide bonds. The molecule has 1 aliphatic rings.